The van der Waals surface area contributed by atoms with Crippen LogP contribution < -0.4 is 10.3 Å². The molecule has 1 aromatic heterocycles. The number of fused-ring (bicyclic) bond motifs is 1. The third-order valence-corrected chi connectivity index (χ3v) is 4.06. The van der Waals surface area contributed by atoms with Crippen molar-refractivity contribution in [2.45, 2.75) is 32.1 Å². The van der Waals surface area contributed by atoms with Gasteiger partial charge in [-0.05, 0) is 17.5 Å². The largest absolute Gasteiger partial charge is 0.278 e. The van der Waals surface area contributed by atoms with Crippen LogP contribution in [-0.2, 0) is 21.9 Å². The van der Waals surface area contributed by atoms with Gasteiger partial charge in [0, 0.05) is 13.5 Å². The van der Waals surface area contributed by atoms with Crippen molar-refractivity contribution in [3.63, 3.8) is 0 Å². The summed E-state index contributed by atoms with van der Waals surface area (Å²) in [5.74, 6) is -0.401. The molecular formula is C13H19N5O3S. The van der Waals surface area contributed by atoms with E-state index in [1.54, 1.807) is 19.2 Å². The average molecular weight is 325 g/mol. The monoisotopic (exact) mass is 325 g/mol. The van der Waals surface area contributed by atoms with Gasteiger partial charge >= 0.3 is 0 Å². The Balaban J connectivity index is 2.21. The van der Waals surface area contributed by atoms with Gasteiger partial charge in [-0.1, -0.05) is 26.8 Å². The Morgan fingerprint density at radius 2 is 1.95 bits per heavy atom. The molecule has 0 aliphatic heterocycles. The van der Waals surface area contributed by atoms with Crippen LogP contribution in [0, 0.1) is 5.41 Å². The Bertz CT molecular complexity index is 805. The second-order valence-electron chi connectivity index (χ2n) is 6.20. The van der Waals surface area contributed by atoms with E-state index >= 15 is 0 Å². The molecule has 120 valence electrons. The number of hydrogen-bond donors (Lipinski definition) is 2. The highest BCUT2D eigenvalue weighted by molar-refractivity contribution is 7.89. The molecule has 8 nitrogen and oxygen atoms in total. The lowest BCUT2D eigenvalue weighted by molar-refractivity contribution is -0.123. The first-order chi connectivity index (χ1) is 10.1. The predicted octanol–water partition coefficient (Wildman–Crippen LogP) is 0.714. The molecule has 0 fully saturated rings. The first kappa shape index (κ1) is 16.4. The normalized spacial score (nSPS) is 12.5. The summed E-state index contributed by atoms with van der Waals surface area (Å²) in [6, 6.07) is 4.65. The summed E-state index contributed by atoms with van der Waals surface area (Å²) in [7, 11) is -2.32. The second-order valence-corrected chi connectivity index (χ2v) is 7.86. The summed E-state index contributed by atoms with van der Waals surface area (Å²) >= 11 is 0. The number of sulfonamides is 1. The number of hydrogen-bond acceptors (Lipinski definition) is 5. The predicted molar refractivity (Wildman–Crippen MR) is 81.0 cm³/mol. The van der Waals surface area contributed by atoms with Crippen LogP contribution in [0.15, 0.2) is 23.1 Å². The third kappa shape index (κ3) is 3.80. The molecule has 0 radical (unpaired) electrons. The van der Waals surface area contributed by atoms with Gasteiger partial charge in [0.25, 0.3) is 10.0 Å². The summed E-state index contributed by atoms with van der Waals surface area (Å²) in [5, 5.41) is 8.10. The molecule has 2 rings (SSSR count). The minimum Gasteiger partial charge on any atom is -0.278 e. The molecule has 9 heteroatoms. The van der Waals surface area contributed by atoms with E-state index in [1.807, 2.05) is 20.8 Å². The fourth-order valence-corrected chi connectivity index (χ4v) is 2.95. The molecule has 2 aromatic rings. The van der Waals surface area contributed by atoms with Crippen LogP contribution in [-0.4, -0.2) is 29.3 Å². The van der Waals surface area contributed by atoms with Gasteiger partial charge in [-0.3, -0.25) is 10.2 Å². The molecule has 1 aromatic carbocycles. The maximum absolute atomic E-state index is 12.3. The Morgan fingerprint density at radius 1 is 1.27 bits per heavy atom. The lowest BCUT2D eigenvalue weighted by atomic mass is 9.92. The van der Waals surface area contributed by atoms with Gasteiger partial charge in [-0.25, -0.2) is 8.42 Å². The highest BCUT2D eigenvalue weighted by atomic mass is 32.2. The maximum atomic E-state index is 12.3. The Morgan fingerprint density at radius 3 is 2.59 bits per heavy atom. The molecule has 0 saturated carbocycles. The maximum Gasteiger partial charge on any atom is 0.259 e. The van der Waals surface area contributed by atoms with Gasteiger partial charge in [0.05, 0.1) is 0 Å². The van der Waals surface area contributed by atoms with E-state index in [0.29, 0.717) is 5.52 Å². The zero-order valence-electron chi connectivity index (χ0n) is 12.9. The molecule has 1 amide bonds. The van der Waals surface area contributed by atoms with E-state index in [1.165, 1.54) is 10.9 Å². The summed E-state index contributed by atoms with van der Waals surface area (Å²) in [4.78, 5) is 15.1. The van der Waals surface area contributed by atoms with Crippen molar-refractivity contribution >= 4 is 27.0 Å². The van der Waals surface area contributed by atoms with Crippen LogP contribution in [0.3, 0.4) is 0 Å². The zero-order chi connectivity index (χ0) is 16.5. The topological polar surface area (TPSA) is 106 Å². The first-order valence-corrected chi connectivity index (χ1v) is 8.17. The SMILES string of the molecule is Cn1nc2cccc(S(=O)(=O)NNC(=O)CC(C)(C)C)c2n1. The smallest absolute Gasteiger partial charge is 0.259 e. The number of aromatic nitrogens is 3. The van der Waals surface area contributed by atoms with Gasteiger partial charge in [-0.2, -0.15) is 15.0 Å². The van der Waals surface area contributed by atoms with Gasteiger partial charge in [0.2, 0.25) is 5.91 Å². The van der Waals surface area contributed by atoms with Crippen LogP contribution in [0.25, 0.3) is 11.0 Å². The number of amides is 1. The Labute approximate surface area is 128 Å². The fraction of sp³-hybridized carbons (Fsp3) is 0.462. The minimum absolute atomic E-state index is 0.0332. The van der Waals surface area contributed by atoms with Gasteiger partial charge in [0.15, 0.2) is 0 Å². The quantitative estimate of drug-likeness (QED) is 0.806. The van der Waals surface area contributed by atoms with Crippen LogP contribution >= 0.6 is 0 Å². The van der Waals surface area contributed by atoms with E-state index < -0.39 is 15.9 Å². The number of nitrogens with one attached hydrogen (secondary N) is 2. The second kappa shape index (κ2) is 5.65. The molecule has 0 spiro atoms. The fourth-order valence-electron chi connectivity index (χ4n) is 1.94. The average Bonchev–Trinajstić information content (AvgIpc) is 2.74. The van der Waals surface area contributed by atoms with Crippen molar-refractivity contribution in [2.75, 3.05) is 0 Å². The third-order valence-electron chi connectivity index (χ3n) is 2.78. The van der Waals surface area contributed by atoms with E-state index in [4.69, 9.17) is 0 Å². The highest BCUT2D eigenvalue weighted by Gasteiger charge is 2.22. The van der Waals surface area contributed by atoms with Crippen molar-refractivity contribution in [3.05, 3.63) is 18.2 Å². The van der Waals surface area contributed by atoms with E-state index in [2.05, 4.69) is 20.5 Å². The van der Waals surface area contributed by atoms with Crippen molar-refractivity contribution in [3.8, 4) is 0 Å². The number of aryl methyl sites for hydroxylation is 1. The molecule has 0 bridgehead atoms. The molecule has 0 saturated heterocycles. The van der Waals surface area contributed by atoms with Crippen molar-refractivity contribution in [2.24, 2.45) is 12.5 Å². The number of hydrazine groups is 1. The van der Waals surface area contributed by atoms with Crippen LogP contribution in [0.1, 0.15) is 27.2 Å². The van der Waals surface area contributed by atoms with Gasteiger partial charge in [0.1, 0.15) is 15.9 Å². The van der Waals surface area contributed by atoms with Crippen molar-refractivity contribution < 1.29 is 13.2 Å². The van der Waals surface area contributed by atoms with Crippen molar-refractivity contribution in [1.29, 1.82) is 0 Å². The molecule has 2 N–H and O–H groups in total. The van der Waals surface area contributed by atoms with Crippen LogP contribution in [0.5, 0.6) is 0 Å². The molecule has 0 aliphatic carbocycles. The van der Waals surface area contributed by atoms with E-state index in [-0.39, 0.29) is 22.2 Å². The zero-order valence-corrected chi connectivity index (χ0v) is 13.7. The summed E-state index contributed by atoms with van der Waals surface area (Å²) in [5.41, 5.74) is 2.70. The van der Waals surface area contributed by atoms with Gasteiger partial charge in [-0.15, -0.1) is 4.83 Å². The first-order valence-electron chi connectivity index (χ1n) is 6.69. The lowest BCUT2D eigenvalue weighted by Crippen LogP contribution is -2.42. The molecule has 0 aliphatic rings. The number of nitrogens with zero attached hydrogens (tertiary/aromatic N) is 3. The number of carbonyl (C=O) groups excluding carboxylic acids is 1. The van der Waals surface area contributed by atoms with E-state index in [9.17, 15) is 13.2 Å². The standard InChI is InChI=1S/C13H19N5O3S/c1-13(2,3)8-11(19)14-17-22(20,21)10-7-5-6-9-12(10)16-18(4)15-9/h5-7,17H,8H2,1-4H3,(H,14,19). The molecule has 0 unspecified atom stereocenters. The van der Waals surface area contributed by atoms with Gasteiger partial charge < -0.3 is 0 Å². The van der Waals surface area contributed by atoms with Crippen molar-refractivity contribution in [1.82, 2.24) is 25.3 Å². The summed E-state index contributed by atoms with van der Waals surface area (Å²) < 4.78 is 24.6. The molecule has 0 atom stereocenters. The number of carbonyl (C=O) groups is 1. The Kier molecular flexibility index (Phi) is 4.21. The lowest BCUT2D eigenvalue weighted by Gasteiger charge is -2.17. The number of benzene rings is 1. The number of rotatable bonds is 4. The molecule has 1 heterocycles. The molecule has 22 heavy (non-hydrogen) atoms. The van der Waals surface area contributed by atoms with Crippen LogP contribution in [0.2, 0.25) is 0 Å². The van der Waals surface area contributed by atoms with E-state index in [0.717, 1.165) is 0 Å². The highest BCUT2D eigenvalue weighted by Crippen LogP contribution is 2.20. The summed E-state index contributed by atoms with van der Waals surface area (Å²) in [6.45, 7) is 5.67. The van der Waals surface area contributed by atoms with Crippen LogP contribution in [0.4, 0.5) is 0 Å². The minimum atomic E-state index is -3.92. The summed E-state index contributed by atoms with van der Waals surface area (Å²) in [6.07, 6.45) is 0.199. The molecular weight excluding hydrogens is 306 g/mol. The Hall–Kier alpha value is -2.00.